The molecule has 4 heteroatoms. The van der Waals surface area contributed by atoms with Crippen LogP contribution in [-0.4, -0.2) is 61.5 Å². The van der Waals surface area contributed by atoms with Crippen LogP contribution in [0.5, 0.6) is 0 Å². The summed E-state index contributed by atoms with van der Waals surface area (Å²) >= 11 is 0. The van der Waals surface area contributed by atoms with E-state index in [9.17, 15) is 4.79 Å². The zero-order chi connectivity index (χ0) is 14.9. The molecule has 2 rings (SSSR count). The zero-order valence-electron chi connectivity index (χ0n) is 13.8. The lowest BCUT2D eigenvalue weighted by Crippen LogP contribution is -2.44. The van der Waals surface area contributed by atoms with Gasteiger partial charge in [-0.25, -0.2) is 0 Å². The van der Waals surface area contributed by atoms with E-state index < -0.39 is 0 Å². The number of nitrogens with zero attached hydrogens (tertiary/aromatic N) is 2. The van der Waals surface area contributed by atoms with Crippen LogP contribution in [0, 0.1) is 5.92 Å². The van der Waals surface area contributed by atoms with Crippen molar-refractivity contribution in [3.8, 4) is 0 Å². The van der Waals surface area contributed by atoms with Crippen molar-refractivity contribution in [3.05, 3.63) is 0 Å². The lowest BCUT2D eigenvalue weighted by Gasteiger charge is -2.31. The standard InChI is InChI=1S/C17H33N3O/c1-2-11-19(14-16-7-9-18-10-8-16)15-17(21)20-12-5-3-4-6-13-20/h16,18H,2-15H2,1H3. The molecular formula is C17H33N3O. The first-order valence-electron chi connectivity index (χ1n) is 9.00. The number of hydrogen-bond acceptors (Lipinski definition) is 3. The third kappa shape index (κ3) is 5.95. The fourth-order valence-electron chi connectivity index (χ4n) is 3.59. The van der Waals surface area contributed by atoms with Crippen molar-refractivity contribution in [2.75, 3.05) is 45.8 Å². The summed E-state index contributed by atoms with van der Waals surface area (Å²) < 4.78 is 0. The minimum atomic E-state index is 0.360. The van der Waals surface area contributed by atoms with Crippen LogP contribution >= 0.6 is 0 Å². The topological polar surface area (TPSA) is 35.6 Å². The second-order valence-corrected chi connectivity index (χ2v) is 6.72. The lowest BCUT2D eigenvalue weighted by molar-refractivity contribution is -0.132. The molecule has 2 saturated heterocycles. The Morgan fingerprint density at radius 3 is 2.43 bits per heavy atom. The van der Waals surface area contributed by atoms with Gasteiger partial charge >= 0.3 is 0 Å². The van der Waals surface area contributed by atoms with Crippen LogP contribution in [0.3, 0.4) is 0 Å². The monoisotopic (exact) mass is 295 g/mol. The van der Waals surface area contributed by atoms with E-state index in [0.717, 1.165) is 51.6 Å². The van der Waals surface area contributed by atoms with Gasteiger partial charge in [0, 0.05) is 19.6 Å². The number of likely N-dealkylation sites (tertiary alicyclic amines) is 1. The molecule has 0 bridgehead atoms. The highest BCUT2D eigenvalue weighted by Gasteiger charge is 2.21. The minimum Gasteiger partial charge on any atom is -0.342 e. The number of hydrogen-bond donors (Lipinski definition) is 1. The molecule has 4 nitrogen and oxygen atoms in total. The molecule has 0 spiro atoms. The number of piperidine rings is 1. The highest BCUT2D eigenvalue weighted by atomic mass is 16.2. The molecule has 2 aliphatic rings. The van der Waals surface area contributed by atoms with Gasteiger partial charge < -0.3 is 10.2 Å². The van der Waals surface area contributed by atoms with Gasteiger partial charge in [-0.1, -0.05) is 19.8 Å². The van der Waals surface area contributed by atoms with Crippen LogP contribution in [-0.2, 0) is 4.79 Å². The van der Waals surface area contributed by atoms with Crippen molar-refractivity contribution in [2.24, 2.45) is 5.92 Å². The molecule has 0 aromatic carbocycles. The highest BCUT2D eigenvalue weighted by Crippen LogP contribution is 2.15. The molecule has 1 amide bonds. The van der Waals surface area contributed by atoms with Gasteiger partial charge in [-0.15, -0.1) is 0 Å². The Morgan fingerprint density at radius 2 is 1.81 bits per heavy atom. The fraction of sp³-hybridized carbons (Fsp3) is 0.941. The van der Waals surface area contributed by atoms with Crippen LogP contribution in [0.4, 0.5) is 0 Å². The number of carbonyl (C=O) groups is 1. The molecule has 0 saturated carbocycles. The Hall–Kier alpha value is -0.610. The summed E-state index contributed by atoms with van der Waals surface area (Å²) in [6.07, 6.45) is 8.62. The fourth-order valence-corrected chi connectivity index (χ4v) is 3.59. The van der Waals surface area contributed by atoms with E-state index in [1.54, 1.807) is 0 Å². The molecule has 0 aliphatic carbocycles. The Labute approximate surface area is 130 Å². The van der Waals surface area contributed by atoms with Crippen LogP contribution < -0.4 is 5.32 Å². The smallest absolute Gasteiger partial charge is 0.236 e. The van der Waals surface area contributed by atoms with Crippen molar-refractivity contribution >= 4 is 5.91 Å². The van der Waals surface area contributed by atoms with E-state index in [2.05, 4.69) is 22.0 Å². The van der Waals surface area contributed by atoms with E-state index >= 15 is 0 Å². The average molecular weight is 295 g/mol. The van der Waals surface area contributed by atoms with E-state index in [-0.39, 0.29) is 0 Å². The molecule has 2 fully saturated rings. The minimum absolute atomic E-state index is 0.360. The van der Waals surface area contributed by atoms with Gasteiger partial charge in [0.05, 0.1) is 6.54 Å². The molecule has 0 atom stereocenters. The maximum atomic E-state index is 12.5. The largest absolute Gasteiger partial charge is 0.342 e. The quantitative estimate of drug-likeness (QED) is 0.815. The number of amides is 1. The second kappa shape index (κ2) is 9.42. The zero-order valence-corrected chi connectivity index (χ0v) is 13.8. The van der Waals surface area contributed by atoms with Crippen LogP contribution in [0.1, 0.15) is 51.9 Å². The van der Waals surface area contributed by atoms with Gasteiger partial charge in [0.1, 0.15) is 0 Å². The SMILES string of the molecule is CCCN(CC(=O)N1CCCCCC1)CC1CCNCC1. The summed E-state index contributed by atoms with van der Waals surface area (Å²) in [6.45, 7) is 9.26. The third-order valence-electron chi connectivity index (χ3n) is 4.83. The summed E-state index contributed by atoms with van der Waals surface area (Å²) in [7, 11) is 0. The van der Waals surface area contributed by atoms with E-state index in [4.69, 9.17) is 0 Å². The highest BCUT2D eigenvalue weighted by molar-refractivity contribution is 5.78. The Balaban J connectivity index is 1.80. The van der Waals surface area contributed by atoms with Gasteiger partial charge in [0.2, 0.25) is 5.91 Å². The first-order valence-corrected chi connectivity index (χ1v) is 9.00. The number of nitrogens with one attached hydrogen (secondary N) is 1. The van der Waals surface area contributed by atoms with Gasteiger partial charge in [0.25, 0.3) is 0 Å². The Bertz CT molecular complexity index is 294. The predicted molar refractivity (Wildman–Crippen MR) is 87.4 cm³/mol. The molecule has 0 unspecified atom stereocenters. The van der Waals surface area contributed by atoms with Gasteiger partial charge in [0.15, 0.2) is 0 Å². The van der Waals surface area contributed by atoms with E-state index in [1.807, 2.05) is 0 Å². The molecule has 2 aliphatic heterocycles. The normalized spacial score (nSPS) is 21.5. The number of carbonyl (C=O) groups excluding carboxylic acids is 1. The summed E-state index contributed by atoms with van der Waals surface area (Å²) in [6, 6.07) is 0. The molecular weight excluding hydrogens is 262 g/mol. The summed E-state index contributed by atoms with van der Waals surface area (Å²) in [5.41, 5.74) is 0. The predicted octanol–water partition coefficient (Wildman–Crippen LogP) is 2.10. The van der Waals surface area contributed by atoms with Crippen molar-refractivity contribution in [2.45, 2.75) is 51.9 Å². The van der Waals surface area contributed by atoms with E-state index in [1.165, 1.54) is 38.5 Å². The lowest BCUT2D eigenvalue weighted by atomic mass is 9.97. The first-order chi connectivity index (χ1) is 10.3. The summed E-state index contributed by atoms with van der Waals surface area (Å²) in [4.78, 5) is 17.1. The van der Waals surface area contributed by atoms with E-state index in [0.29, 0.717) is 12.5 Å². The van der Waals surface area contributed by atoms with Crippen molar-refractivity contribution in [1.29, 1.82) is 0 Å². The third-order valence-corrected chi connectivity index (χ3v) is 4.83. The van der Waals surface area contributed by atoms with Crippen molar-refractivity contribution in [1.82, 2.24) is 15.1 Å². The second-order valence-electron chi connectivity index (χ2n) is 6.72. The van der Waals surface area contributed by atoms with Crippen molar-refractivity contribution < 1.29 is 4.79 Å². The maximum absolute atomic E-state index is 12.5. The number of rotatable bonds is 6. The van der Waals surface area contributed by atoms with Gasteiger partial charge in [-0.2, -0.15) is 0 Å². The van der Waals surface area contributed by atoms with Crippen LogP contribution in [0.2, 0.25) is 0 Å². The van der Waals surface area contributed by atoms with Crippen LogP contribution in [0.15, 0.2) is 0 Å². The summed E-state index contributed by atoms with van der Waals surface area (Å²) in [5, 5.41) is 3.43. The van der Waals surface area contributed by atoms with Gasteiger partial charge in [-0.3, -0.25) is 9.69 Å². The molecule has 1 N–H and O–H groups in total. The molecule has 21 heavy (non-hydrogen) atoms. The summed E-state index contributed by atoms with van der Waals surface area (Å²) in [5.74, 6) is 1.13. The molecule has 122 valence electrons. The average Bonchev–Trinajstić information content (AvgIpc) is 2.77. The Kier molecular flexibility index (Phi) is 7.51. The van der Waals surface area contributed by atoms with Gasteiger partial charge in [-0.05, 0) is 57.7 Å². The molecule has 0 aromatic rings. The molecule has 0 radical (unpaired) electrons. The van der Waals surface area contributed by atoms with Crippen LogP contribution in [0.25, 0.3) is 0 Å². The molecule has 0 aromatic heterocycles. The maximum Gasteiger partial charge on any atom is 0.236 e. The van der Waals surface area contributed by atoms with Crippen molar-refractivity contribution in [3.63, 3.8) is 0 Å². The first kappa shape index (κ1) is 16.8. The molecule has 2 heterocycles. The Morgan fingerprint density at radius 1 is 1.14 bits per heavy atom.